The highest BCUT2D eigenvalue weighted by Gasteiger charge is 2.06. The molecule has 0 aliphatic heterocycles. The van der Waals surface area contributed by atoms with Gasteiger partial charge < -0.3 is 21.4 Å². The lowest BCUT2D eigenvalue weighted by molar-refractivity contribution is -0.388. The Labute approximate surface area is 132 Å². The Morgan fingerprint density at radius 1 is 0.739 bits per heavy atom. The van der Waals surface area contributed by atoms with Crippen molar-refractivity contribution < 1.29 is 11.5 Å². The number of H-pyrrole nitrogens is 2. The summed E-state index contributed by atoms with van der Waals surface area (Å²) < 4.78 is 0. The van der Waals surface area contributed by atoms with Gasteiger partial charge in [-0.15, -0.1) is 0 Å². The number of rotatable bonds is 4. The molecule has 0 aliphatic rings. The van der Waals surface area contributed by atoms with Crippen LogP contribution in [0.2, 0.25) is 0 Å². The van der Waals surface area contributed by atoms with E-state index in [4.69, 9.17) is 0 Å². The van der Waals surface area contributed by atoms with Gasteiger partial charge in [0.25, 0.3) is 0 Å². The smallest absolute Gasteiger partial charge is 0.162 e. The zero-order valence-corrected chi connectivity index (χ0v) is 12.9. The Morgan fingerprint density at radius 2 is 1.22 bits per heavy atom. The van der Waals surface area contributed by atoms with Crippen LogP contribution in [0.5, 0.6) is 0 Å². The van der Waals surface area contributed by atoms with Gasteiger partial charge in [-0.2, -0.15) is 0 Å². The first-order valence-corrected chi connectivity index (χ1v) is 7.78. The van der Waals surface area contributed by atoms with Crippen LogP contribution in [0.4, 0.5) is 0 Å². The zero-order valence-electron chi connectivity index (χ0n) is 12.9. The van der Waals surface area contributed by atoms with Gasteiger partial charge in [0.2, 0.25) is 0 Å². The molecule has 2 aromatic carbocycles. The van der Waals surface area contributed by atoms with Crippen molar-refractivity contribution in [3.05, 3.63) is 59.2 Å². The first-order chi connectivity index (χ1) is 11.2. The molecule has 0 amide bonds. The molecule has 0 saturated carbocycles. The Hall–Kier alpha value is -2.70. The lowest BCUT2D eigenvalue weighted by Crippen LogP contribution is -2.47. The maximum atomic E-state index is 4.50. The van der Waals surface area contributed by atoms with Gasteiger partial charge in [0.1, 0.15) is 13.1 Å². The number of imidazole rings is 2. The van der Waals surface area contributed by atoms with Crippen molar-refractivity contribution in [2.75, 3.05) is 0 Å². The molecule has 2 heterocycles. The molecule has 4 rings (SSSR count). The molecule has 0 aliphatic carbocycles. The molecule has 0 spiro atoms. The molecule has 0 fully saturated rings. The highest BCUT2D eigenvalue weighted by Crippen LogP contribution is 2.19. The number of benzene rings is 2. The third kappa shape index (κ3) is 2.58. The summed E-state index contributed by atoms with van der Waals surface area (Å²) in [4.78, 5) is 15.6. The second-order valence-corrected chi connectivity index (χ2v) is 5.75. The molecule has 6 heteroatoms. The molecule has 116 valence electrons. The van der Waals surface area contributed by atoms with Crippen LogP contribution in [-0.2, 0) is 19.5 Å². The van der Waals surface area contributed by atoms with E-state index < -0.39 is 0 Å². The van der Waals surface area contributed by atoms with Crippen LogP contribution >= 0.6 is 0 Å². The van der Waals surface area contributed by atoms with Crippen LogP contribution in [0.15, 0.2) is 36.4 Å². The highest BCUT2D eigenvalue weighted by molar-refractivity contribution is 5.77. The number of nitrogens with zero attached hydrogens (tertiary/aromatic N) is 2. The first kappa shape index (κ1) is 13.9. The SMILES string of the molecule is [NH3+]Cc1nc2ccc(Cc3ccc4nc(C[NH3+])[nH]c4c3)cc2[nH]1. The molecule has 0 bridgehead atoms. The van der Waals surface area contributed by atoms with E-state index in [2.05, 4.69) is 67.8 Å². The second kappa shape index (κ2) is 5.49. The summed E-state index contributed by atoms with van der Waals surface area (Å²) >= 11 is 0. The summed E-state index contributed by atoms with van der Waals surface area (Å²) in [6.07, 6.45) is 0.878. The quantitative estimate of drug-likeness (QED) is 0.440. The Morgan fingerprint density at radius 3 is 1.65 bits per heavy atom. The predicted octanol–water partition coefficient (Wildman–Crippen LogP) is 0.514. The number of aromatic nitrogens is 4. The van der Waals surface area contributed by atoms with E-state index in [1.54, 1.807) is 0 Å². The monoisotopic (exact) mass is 308 g/mol. The standard InChI is InChI=1S/C17H18N6/c18-8-16-20-12-3-1-10(6-14(12)22-16)5-11-2-4-13-15(7-11)23-17(9-19)21-13/h1-4,6-7H,5,8-9,18-19H2,(H,20,22)(H,21,23)/p+2. The molecule has 23 heavy (non-hydrogen) atoms. The molecule has 2 aromatic heterocycles. The molecule has 0 saturated heterocycles. The Kier molecular flexibility index (Phi) is 3.33. The molecule has 6 nitrogen and oxygen atoms in total. The number of hydrogen-bond donors (Lipinski definition) is 4. The van der Waals surface area contributed by atoms with Crippen LogP contribution in [0.3, 0.4) is 0 Å². The minimum atomic E-state index is 0.676. The van der Waals surface area contributed by atoms with E-state index in [1.165, 1.54) is 11.1 Å². The third-order valence-electron chi connectivity index (χ3n) is 4.07. The van der Waals surface area contributed by atoms with Crippen LogP contribution in [-0.4, -0.2) is 19.9 Å². The fourth-order valence-corrected chi connectivity index (χ4v) is 2.91. The minimum Gasteiger partial charge on any atom is -0.351 e. The van der Waals surface area contributed by atoms with E-state index in [0.717, 1.165) is 40.1 Å². The fourth-order valence-electron chi connectivity index (χ4n) is 2.91. The van der Waals surface area contributed by atoms with Crippen LogP contribution in [0.25, 0.3) is 22.1 Å². The zero-order chi connectivity index (χ0) is 15.8. The molecule has 4 aromatic rings. The average Bonchev–Trinajstić information content (AvgIpc) is 3.16. The van der Waals surface area contributed by atoms with Crippen molar-refractivity contribution >= 4 is 22.1 Å². The topological polar surface area (TPSA) is 113 Å². The van der Waals surface area contributed by atoms with Crippen LogP contribution in [0.1, 0.15) is 22.8 Å². The van der Waals surface area contributed by atoms with E-state index in [9.17, 15) is 0 Å². The van der Waals surface area contributed by atoms with Gasteiger partial charge >= 0.3 is 0 Å². The van der Waals surface area contributed by atoms with Crippen molar-refractivity contribution in [3.63, 3.8) is 0 Å². The maximum Gasteiger partial charge on any atom is 0.162 e. The summed E-state index contributed by atoms with van der Waals surface area (Å²) in [7, 11) is 0. The largest absolute Gasteiger partial charge is 0.351 e. The second-order valence-electron chi connectivity index (χ2n) is 5.75. The van der Waals surface area contributed by atoms with E-state index in [1.807, 2.05) is 0 Å². The number of nitrogens with one attached hydrogen (secondary N) is 2. The van der Waals surface area contributed by atoms with Gasteiger partial charge in [-0.3, -0.25) is 0 Å². The van der Waals surface area contributed by atoms with Gasteiger partial charge in [-0.1, -0.05) is 12.1 Å². The average molecular weight is 308 g/mol. The Bertz CT molecular complexity index is 901. The van der Waals surface area contributed by atoms with Crippen LogP contribution < -0.4 is 11.5 Å². The normalized spacial score (nSPS) is 11.6. The lowest BCUT2D eigenvalue weighted by Gasteiger charge is -2.02. The molecule has 0 atom stereocenters. The van der Waals surface area contributed by atoms with Crippen molar-refractivity contribution in [2.45, 2.75) is 19.5 Å². The van der Waals surface area contributed by atoms with E-state index in [-0.39, 0.29) is 0 Å². The van der Waals surface area contributed by atoms with Gasteiger partial charge in [0, 0.05) is 0 Å². The van der Waals surface area contributed by atoms with Gasteiger partial charge in [0.05, 0.1) is 22.1 Å². The summed E-state index contributed by atoms with van der Waals surface area (Å²) in [5.74, 6) is 1.86. The summed E-state index contributed by atoms with van der Waals surface area (Å²) in [5.41, 5.74) is 14.4. The van der Waals surface area contributed by atoms with Gasteiger partial charge in [-0.05, 0) is 41.8 Å². The predicted molar refractivity (Wildman–Crippen MR) is 88.2 cm³/mol. The van der Waals surface area contributed by atoms with Crippen molar-refractivity contribution in [2.24, 2.45) is 0 Å². The van der Waals surface area contributed by atoms with E-state index >= 15 is 0 Å². The summed E-state index contributed by atoms with van der Waals surface area (Å²) in [6.45, 7) is 1.35. The van der Waals surface area contributed by atoms with Crippen molar-refractivity contribution in [3.8, 4) is 0 Å². The molecular weight excluding hydrogens is 288 g/mol. The van der Waals surface area contributed by atoms with E-state index in [0.29, 0.717) is 13.1 Å². The first-order valence-electron chi connectivity index (χ1n) is 7.78. The minimum absolute atomic E-state index is 0.676. The lowest BCUT2D eigenvalue weighted by atomic mass is 10.0. The molecule has 0 unspecified atom stereocenters. The van der Waals surface area contributed by atoms with Gasteiger partial charge in [0.15, 0.2) is 11.6 Å². The van der Waals surface area contributed by atoms with Crippen molar-refractivity contribution in [1.82, 2.24) is 19.9 Å². The molecular formula is C17H20N6+2. The summed E-state index contributed by atoms with van der Waals surface area (Å²) in [5, 5.41) is 0. The molecule has 0 radical (unpaired) electrons. The highest BCUT2D eigenvalue weighted by atomic mass is 14.9. The van der Waals surface area contributed by atoms with Crippen LogP contribution in [0, 0.1) is 0 Å². The fraction of sp³-hybridized carbons (Fsp3) is 0.176. The Balaban J connectivity index is 1.66. The summed E-state index contributed by atoms with van der Waals surface area (Å²) in [6, 6.07) is 12.7. The number of fused-ring (bicyclic) bond motifs is 2. The molecule has 8 N–H and O–H groups in total. The maximum absolute atomic E-state index is 4.50. The van der Waals surface area contributed by atoms with Gasteiger partial charge in [-0.25, -0.2) is 9.97 Å². The van der Waals surface area contributed by atoms with Crippen molar-refractivity contribution in [1.29, 1.82) is 0 Å². The number of quaternary nitrogens is 2. The third-order valence-corrected chi connectivity index (χ3v) is 4.07. The number of aromatic amines is 2. The number of hydrogen-bond acceptors (Lipinski definition) is 2.